The summed E-state index contributed by atoms with van der Waals surface area (Å²) < 4.78 is 20.9. The van der Waals surface area contributed by atoms with Gasteiger partial charge in [-0.05, 0) is 61.2 Å². The second kappa shape index (κ2) is 8.39. The number of hydrogen-bond donors (Lipinski definition) is 1. The highest BCUT2D eigenvalue weighted by molar-refractivity contribution is 7.73. The van der Waals surface area contributed by atoms with Crippen LogP contribution in [0.1, 0.15) is 5.56 Å². The van der Waals surface area contributed by atoms with Crippen molar-refractivity contribution in [3.05, 3.63) is 63.9 Å². The zero-order chi connectivity index (χ0) is 18.5. The van der Waals surface area contributed by atoms with E-state index in [0.29, 0.717) is 17.2 Å². The summed E-state index contributed by atoms with van der Waals surface area (Å²) in [5, 5.41) is 8.48. The van der Waals surface area contributed by atoms with Crippen molar-refractivity contribution in [2.75, 3.05) is 19.5 Å². The summed E-state index contributed by atoms with van der Waals surface area (Å²) in [4.78, 5) is 2.03. The van der Waals surface area contributed by atoms with Gasteiger partial charge < -0.3 is 10.1 Å². The lowest BCUT2D eigenvalue weighted by Gasteiger charge is -2.16. The van der Waals surface area contributed by atoms with Gasteiger partial charge in [0.1, 0.15) is 11.6 Å². The lowest BCUT2D eigenvalue weighted by Crippen LogP contribution is -2.22. The van der Waals surface area contributed by atoms with Crippen molar-refractivity contribution >= 4 is 34.4 Å². The lowest BCUT2D eigenvalue weighted by atomic mass is 10.2. The number of anilines is 2. The number of benzene rings is 2. The molecule has 0 radical (unpaired) electrons. The average molecular weight is 391 g/mol. The molecule has 1 aromatic heterocycles. The van der Waals surface area contributed by atoms with Crippen molar-refractivity contribution < 1.29 is 9.13 Å². The maximum atomic E-state index is 13.3. The number of methoxy groups -OCH3 is 1. The molecule has 0 amide bonds. The molecule has 5 nitrogen and oxygen atoms in total. The van der Waals surface area contributed by atoms with Gasteiger partial charge in [0.15, 0.2) is 3.95 Å². The van der Waals surface area contributed by atoms with E-state index in [1.807, 2.05) is 42.3 Å². The Kier molecular flexibility index (Phi) is 5.97. The molecule has 136 valence electrons. The predicted octanol–water partition coefficient (Wildman–Crippen LogP) is 4.65. The third kappa shape index (κ3) is 4.87. The second-order valence-electron chi connectivity index (χ2n) is 5.81. The van der Waals surface area contributed by atoms with Gasteiger partial charge in [-0.2, -0.15) is 0 Å². The molecule has 26 heavy (non-hydrogen) atoms. The molecule has 8 heteroatoms. The third-order valence-electron chi connectivity index (χ3n) is 3.66. The van der Waals surface area contributed by atoms with Gasteiger partial charge in [-0.1, -0.05) is 23.5 Å². The number of nitrogens with one attached hydrogen (secondary N) is 1. The molecule has 0 unspecified atom stereocenters. The quantitative estimate of drug-likeness (QED) is 0.595. The summed E-state index contributed by atoms with van der Waals surface area (Å²) >= 11 is 6.81. The van der Waals surface area contributed by atoms with Gasteiger partial charge >= 0.3 is 0 Å². The highest BCUT2D eigenvalue weighted by atomic mass is 32.1. The summed E-state index contributed by atoms with van der Waals surface area (Å²) in [5.74, 6) is 0.569. The molecule has 0 saturated carbocycles. The molecular weight excluding hydrogens is 371 g/mol. The molecule has 0 aliphatic carbocycles. The van der Waals surface area contributed by atoms with Gasteiger partial charge in [0, 0.05) is 12.2 Å². The number of nitrogens with zero attached hydrogens (tertiary/aromatic N) is 3. The number of hydrogen-bond acceptors (Lipinski definition) is 6. The lowest BCUT2D eigenvalue weighted by molar-refractivity contribution is 0.245. The van der Waals surface area contributed by atoms with Crippen LogP contribution >= 0.6 is 23.6 Å². The number of halogens is 1. The van der Waals surface area contributed by atoms with Crippen LogP contribution in [0.25, 0.3) is 0 Å². The van der Waals surface area contributed by atoms with E-state index in [0.717, 1.165) is 22.1 Å². The Balaban J connectivity index is 1.64. The maximum Gasteiger partial charge on any atom is 0.209 e. The zero-order valence-corrected chi connectivity index (χ0v) is 16.1. The van der Waals surface area contributed by atoms with Crippen LogP contribution < -0.4 is 10.1 Å². The molecule has 1 N–H and O–H groups in total. The van der Waals surface area contributed by atoms with E-state index in [-0.39, 0.29) is 5.82 Å². The van der Waals surface area contributed by atoms with Gasteiger partial charge in [0.25, 0.3) is 0 Å². The van der Waals surface area contributed by atoms with Crippen LogP contribution in [0.4, 0.5) is 15.2 Å². The summed E-state index contributed by atoms with van der Waals surface area (Å²) in [6.45, 7) is 1.13. The Morgan fingerprint density at radius 2 is 2.04 bits per heavy atom. The fourth-order valence-corrected chi connectivity index (χ4v) is 3.48. The SMILES string of the molecule is COc1ccc(Nc2nn(CN(C)Cc3cccc(F)c3)c(=S)s2)cc1. The molecule has 3 aromatic rings. The highest BCUT2D eigenvalue weighted by Gasteiger charge is 2.08. The van der Waals surface area contributed by atoms with Crippen LogP contribution in [-0.2, 0) is 13.2 Å². The largest absolute Gasteiger partial charge is 0.497 e. The van der Waals surface area contributed by atoms with Crippen molar-refractivity contribution in [3.8, 4) is 5.75 Å². The molecule has 0 aliphatic rings. The summed E-state index contributed by atoms with van der Waals surface area (Å²) in [7, 11) is 3.58. The normalized spacial score (nSPS) is 10.9. The minimum absolute atomic E-state index is 0.229. The first-order valence-electron chi connectivity index (χ1n) is 7.95. The second-order valence-corrected chi connectivity index (χ2v) is 7.43. The van der Waals surface area contributed by atoms with Crippen molar-refractivity contribution in [2.45, 2.75) is 13.2 Å². The van der Waals surface area contributed by atoms with E-state index < -0.39 is 0 Å². The molecule has 3 rings (SSSR count). The zero-order valence-electron chi connectivity index (χ0n) is 14.5. The van der Waals surface area contributed by atoms with E-state index in [1.54, 1.807) is 17.9 Å². The molecule has 0 spiro atoms. The van der Waals surface area contributed by atoms with E-state index in [1.165, 1.54) is 23.5 Å². The molecule has 0 atom stereocenters. The topological polar surface area (TPSA) is 42.3 Å². The first kappa shape index (κ1) is 18.5. The maximum absolute atomic E-state index is 13.3. The molecule has 0 fully saturated rings. The first-order chi connectivity index (χ1) is 12.5. The minimum Gasteiger partial charge on any atom is -0.497 e. The Morgan fingerprint density at radius 1 is 1.27 bits per heavy atom. The Bertz CT molecular complexity index is 923. The third-order valence-corrected chi connectivity index (χ3v) is 4.89. The van der Waals surface area contributed by atoms with Gasteiger partial charge in [0.2, 0.25) is 5.13 Å². The van der Waals surface area contributed by atoms with E-state index in [2.05, 4.69) is 10.4 Å². The fourth-order valence-electron chi connectivity index (χ4n) is 2.47. The molecule has 0 aliphatic heterocycles. The Labute approximate surface area is 160 Å². The first-order valence-corrected chi connectivity index (χ1v) is 9.18. The smallest absolute Gasteiger partial charge is 0.209 e. The van der Waals surface area contributed by atoms with Gasteiger partial charge in [-0.15, -0.1) is 5.10 Å². The highest BCUT2D eigenvalue weighted by Crippen LogP contribution is 2.22. The summed E-state index contributed by atoms with van der Waals surface area (Å²) in [6.07, 6.45) is 0. The van der Waals surface area contributed by atoms with Gasteiger partial charge in [-0.3, -0.25) is 4.90 Å². The van der Waals surface area contributed by atoms with Crippen molar-refractivity contribution in [1.29, 1.82) is 0 Å². The summed E-state index contributed by atoms with van der Waals surface area (Å²) in [6, 6.07) is 14.2. The Morgan fingerprint density at radius 3 is 2.73 bits per heavy atom. The van der Waals surface area contributed by atoms with Crippen molar-refractivity contribution in [2.24, 2.45) is 0 Å². The standard InChI is InChI=1S/C18H19FN4OS2/c1-22(11-13-4-3-5-14(19)10-13)12-23-18(25)26-17(21-23)20-15-6-8-16(24-2)9-7-15/h3-10H,11-12H2,1-2H3,(H,20,21). The number of rotatable bonds is 7. The van der Waals surface area contributed by atoms with Crippen LogP contribution in [0.15, 0.2) is 48.5 Å². The van der Waals surface area contributed by atoms with Crippen LogP contribution in [-0.4, -0.2) is 28.8 Å². The van der Waals surface area contributed by atoms with E-state index in [9.17, 15) is 4.39 Å². The van der Waals surface area contributed by atoms with Crippen LogP contribution in [0.2, 0.25) is 0 Å². The van der Waals surface area contributed by atoms with Crippen LogP contribution in [0, 0.1) is 9.77 Å². The molecule has 0 bridgehead atoms. The molecule has 2 aromatic carbocycles. The van der Waals surface area contributed by atoms with E-state index in [4.69, 9.17) is 17.0 Å². The Hall–Kier alpha value is -2.29. The fraction of sp³-hybridized carbons (Fsp3) is 0.222. The van der Waals surface area contributed by atoms with Gasteiger partial charge in [0.05, 0.1) is 13.8 Å². The average Bonchev–Trinajstić information content (AvgIpc) is 2.94. The van der Waals surface area contributed by atoms with Crippen molar-refractivity contribution in [3.63, 3.8) is 0 Å². The van der Waals surface area contributed by atoms with Crippen molar-refractivity contribution in [1.82, 2.24) is 14.7 Å². The van der Waals surface area contributed by atoms with Crippen LogP contribution in [0.5, 0.6) is 5.75 Å². The number of aromatic nitrogens is 2. The monoisotopic (exact) mass is 390 g/mol. The minimum atomic E-state index is -0.229. The molecule has 1 heterocycles. The number of ether oxygens (including phenoxy) is 1. The predicted molar refractivity (Wildman–Crippen MR) is 105 cm³/mol. The van der Waals surface area contributed by atoms with E-state index >= 15 is 0 Å². The molecular formula is C18H19FN4OS2. The van der Waals surface area contributed by atoms with Crippen LogP contribution in [0.3, 0.4) is 0 Å². The van der Waals surface area contributed by atoms with Gasteiger partial charge in [-0.25, -0.2) is 9.07 Å². The molecule has 0 saturated heterocycles. The summed E-state index contributed by atoms with van der Waals surface area (Å²) in [5.41, 5.74) is 1.82.